The Kier molecular flexibility index (Phi) is 3.05. The number of rotatable bonds is 4. The van der Waals surface area contributed by atoms with Gasteiger partial charge in [-0.1, -0.05) is 5.16 Å². The second-order valence-corrected chi connectivity index (χ2v) is 5.74. The third-order valence-electron chi connectivity index (χ3n) is 1.86. The summed E-state index contributed by atoms with van der Waals surface area (Å²) in [6.45, 7) is 1.52. The van der Waals surface area contributed by atoms with Gasteiger partial charge in [-0.3, -0.25) is 0 Å². The van der Waals surface area contributed by atoms with E-state index in [2.05, 4.69) is 14.7 Å². The Bertz CT molecular complexity index is 687. The molecule has 18 heavy (non-hydrogen) atoms. The van der Waals surface area contributed by atoms with Gasteiger partial charge in [0.25, 0.3) is 10.0 Å². The summed E-state index contributed by atoms with van der Waals surface area (Å²) in [7, 11) is -4.05. The SMILES string of the molecule is Cc1noc(NS(=O)(=O)c2ccsc2C(=O)O)n1. The van der Waals surface area contributed by atoms with Crippen LogP contribution in [0.25, 0.3) is 0 Å². The maximum atomic E-state index is 11.9. The van der Waals surface area contributed by atoms with Gasteiger partial charge in [0.05, 0.1) is 0 Å². The molecule has 0 amide bonds. The zero-order valence-electron chi connectivity index (χ0n) is 8.95. The van der Waals surface area contributed by atoms with E-state index in [1.807, 2.05) is 4.72 Å². The standard InChI is InChI=1S/C8H7N3O5S2/c1-4-9-8(16-10-4)11-18(14,15)5-2-3-17-6(5)7(12)13/h2-3H,1H3,(H,12,13)(H,9,10,11). The number of nitrogens with zero attached hydrogens (tertiary/aromatic N) is 2. The molecular formula is C8H7N3O5S2. The molecule has 2 aromatic rings. The Morgan fingerprint density at radius 2 is 2.28 bits per heavy atom. The van der Waals surface area contributed by atoms with Crippen LogP contribution in [0, 0.1) is 6.92 Å². The van der Waals surface area contributed by atoms with Crippen LogP contribution in [0.2, 0.25) is 0 Å². The number of carboxylic acids is 1. The van der Waals surface area contributed by atoms with Crippen molar-refractivity contribution < 1.29 is 22.8 Å². The number of carboxylic acid groups (broad SMARTS) is 1. The number of thiophene rings is 1. The molecule has 0 saturated carbocycles. The highest BCUT2D eigenvalue weighted by Crippen LogP contribution is 2.23. The number of sulfonamides is 1. The average molecular weight is 289 g/mol. The van der Waals surface area contributed by atoms with Crippen LogP contribution in [0.5, 0.6) is 0 Å². The summed E-state index contributed by atoms with van der Waals surface area (Å²) in [5, 5.41) is 13.6. The van der Waals surface area contributed by atoms with Gasteiger partial charge >= 0.3 is 12.0 Å². The maximum absolute atomic E-state index is 11.9. The molecule has 2 rings (SSSR count). The van der Waals surface area contributed by atoms with Crippen molar-refractivity contribution >= 4 is 33.3 Å². The van der Waals surface area contributed by atoms with Gasteiger partial charge in [0.2, 0.25) is 0 Å². The summed E-state index contributed by atoms with van der Waals surface area (Å²) in [5.41, 5.74) is 0. The van der Waals surface area contributed by atoms with Crippen molar-refractivity contribution in [1.82, 2.24) is 10.1 Å². The predicted octanol–water partition coefficient (Wildman–Crippen LogP) is 0.939. The zero-order chi connectivity index (χ0) is 13.3. The fraction of sp³-hybridized carbons (Fsp3) is 0.125. The van der Waals surface area contributed by atoms with Crippen LogP contribution in [0.15, 0.2) is 20.9 Å². The first-order valence-corrected chi connectivity index (χ1v) is 6.90. The first-order valence-electron chi connectivity index (χ1n) is 4.54. The van der Waals surface area contributed by atoms with E-state index in [0.29, 0.717) is 0 Å². The maximum Gasteiger partial charge on any atom is 0.347 e. The van der Waals surface area contributed by atoms with E-state index in [9.17, 15) is 13.2 Å². The molecule has 0 fully saturated rings. The summed E-state index contributed by atoms with van der Waals surface area (Å²) in [6.07, 6.45) is 0. The third-order valence-corrected chi connectivity index (χ3v) is 4.26. The summed E-state index contributed by atoms with van der Waals surface area (Å²) in [5.74, 6) is -1.05. The predicted molar refractivity (Wildman–Crippen MR) is 61.1 cm³/mol. The Morgan fingerprint density at radius 1 is 1.56 bits per heavy atom. The molecule has 0 aliphatic heterocycles. The summed E-state index contributed by atoms with van der Waals surface area (Å²) < 4.78 is 30.4. The fourth-order valence-corrected chi connectivity index (χ4v) is 3.36. The molecule has 10 heteroatoms. The van der Waals surface area contributed by atoms with Gasteiger partial charge in [-0.2, -0.15) is 4.98 Å². The Balaban J connectivity index is 2.37. The minimum Gasteiger partial charge on any atom is -0.477 e. The van der Waals surface area contributed by atoms with Gasteiger partial charge in [0.1, 0.15) is 9.77 Å². The number of nitrogens with one attached hydrogen (secondary N) is 1. The van der Waals surface area contributed by atoms with E-state index < -0.39 is 16.0 Å². The molecule has 0 radical (unpaired) electrons. The van der Waals surface area contributed by atoms with Crippen LogP contribution < -0.4 is 4.72 Å². The van der Waals surface area contributed by atoms with Crippen LogP contribution in [-0.4, -0.2) is 29.6 Å². The lowest BCUT2D eigenvalue weighted by Crippen LogP contribution is -2.15. The van der Waals surface area contributed by atoms with Crippen LogP contribution in [0.1, 0.15) is 15.5 Å². The van der Waals surface area contributed by atoms with Crippen molar-refractivity contribution in [2.45, 2.75) is 11.8 Å². The quantitative estimate of drug-likeness (QED) is 0.858. The molecule has 2 aromatic heterocycles. The monoisotopic (exact) mass is 289 g/mol. The van der Waals surface area contributed by atoms with Crippen molar-refractivity contribution in [1.29, 1.82) is 0 Å². The highest BCUT2D eigenvalue weighted by Gasteiger charge is 2.25. The van der Waals surface area contributed by atoms with Gasteiger partial charge in [-0.25, -0.2) is 17.9 Å². The second kappa shape index (κ2) is 4.38. The molecule has 0 aromatic carbocycles. The number of carbonyl (C=O) groups is 1. The number of hydrogen-bond donors (Lipinski definition) is 2. The Hall–Kier alpha value is -1.94. The highest BCUT2D eigenvalue weighted by atomic mass is 32.2. The lowest BCUT2D eigenvalue weighted by Gasteiger charge is -2.02. The van der Waals surface area contributed by atoms with Crippen molar-refractivity contribution in [3.05, 3.63) is 22.1 Å². The molecule has 2 N–H and O–H groups in total. The average Bonchev–Trinajstić information content (AvgIpc) is 2.86. The number of aryl methyl sites for hydroxylation is 1. The summed E-state index contributed by atoms with van der Waals surface area (Å²) in [6, 6.07) is 0.884. The first kappa shape index (κ1) is 12.5. The van der Waals surface area contributed by atoms with Crippen LogP contribution in [0.3, 0.4) is 0 Å². The van der Waals surface area contributed by atoms with E-state index in [1.54, 1.807) is 0 Å². The molecule has 0 atom stereocenters. The summed E-state index contributed by atoms with van der Waals surface area (Å²) in [4.78, 5) is 13.9. The molecule has 2 heterocycles. The second-order valence-electron chi connectivity index (χ2n) is 3.17. The van der Waals surface area contributed by atoms with E-state index >= 15 is 0 Å². The van der Waals surface area contributed by atoms with Gasteiger partial charge in [0, 0.05) is 0 Å². The molecule has 8 nitrogen and oxygen atoms in total. The van der Waals surface area contributed by atoms with Crippen LogP contribution in [-0.2, 0) is 10.0 Å². The molecule has 0 bridgehead atoms. The molecule has 96 valence electrons. The van der Waals surface area contributed by atoms with Crippen molar-refractivity contribution in [2.24, 2.45) is 0 Å². The lowest BCUT2D eigenvalue weighted by atomic mass is 10.5. The van der Waals surface area contributed by atoms with E-state index in [4.69, 9.17) is 5.11 Å². The van der Waals surface area contributed by atoms with E-state index in [-0.39, 0.29) is 21.6 Å². The Morgan fingerprint density at radius 3 is 2.83 bits per heavy atom. The van der Waals surface area contributed by atoms with Crippen molar-refractivity contribution in [3.63, 3.8) is 0 Å². The van der Waals surface area contributed by atoms with Gasteiger partial charge in [0.15, 0.2) is 5.82 Å². The lowest BCUT2D eigenvalue weighted by molar-refractivity contribution is 0.0698. The molecule has 0 saturated heterocycles. The van der Waals surface area contributed by atoms with E-state index in [0.717, 1.165) is 11.3 Å². The first-order chi connectivity index (χ1) is 8.40. The topological polar surface area (TPSA) is 122 Å². The summed E-state index contributed by atoms with van der Waals surface area (Å²) >= 11 is 0.815. The molecular weight excluding hydrogens is 282 g/mol. The molecule has 0 spiro atoms. The van der Waals surface area contributed by atoms with Gasteiger partial charge < -0.3 is 9.63 Å². The van der Waals surface area contributed by atoms with E-state index in [1.165, 1.54) is 18.4 Å². The zero-order valence-corrected chi connectivity index (χ0v) is 10.6. The smallest absolute Gasteiger partial charge is 0.347 e. The number of anilines is 1. The largest absolute Gasteiger partial charge is 0.477 e. The van der Waals surface area contributed by atoms with Crippen molar-refractivity contribution in [3.8, 4) is 0 Å². The minimum absolute atomic E-state index is 0.261. The molecule has 0 unspecified atom stereocenters. The number of aromatic nitrogens is 2. The Labute approximate surface area is 105 Å². The highest BCUT2D eigenvalue weighted by molar-refractivity contribution is 7.93. The molecule has 0 aliphatic rings. The van der Waals surface area contributed by atoms with Crippen LogP contribution >= 0.6 is 11.3 Å². The van der Waals surface area contributed by atoms with Crippen LogP contribution in [0.4, 0.5) is 6.01 Å². The van der Waals surface area contributed by atoms with Gasteiger partial charge in [-0.05, 0) is 18.4 Å². The fourth-order valence-electron chi connectivity index (χ4n) is 1.17. The van der Waals surface area contributed by atoms with Gasteiger partial charge in [-0.15, -0.1) is 11.3 Å². The molecule has 0 aliphatic carbocycles. The minimum atomic E-state index is -4.05. The van der Waals surface area contributed by atoms with Crippen molar-refractivity contribution in [2.75, 3.05) is 4.72 Å². The normalized spacial score (nSPS) is 11.4. The third kappa shape index (κ3) is 2.33. The number of aromatic carboxylic acids is 1. The number of hydrogen-bond acceptors (Lipinski definition) is 7.